The van der Waals surface area contributed by atoms with E-state index in [0.29, 0.717) is 11.6 Å². The van der Waals surface area contributed by atoms with Crippen molar-refractivity contribution in [1.82, 2.24) is 10.3 Å². The first-order chi connectivity index (χ1) is 7.58. The largest absolute Gasteiger partial charge is 0.358 e. The molecular formula is C10H13BrClN3O. The van der Waals surface area contributed by atoms with Gasteiger partial charge in [-0.25, -0.2) is 4.98 Å². The number of halogens is 2. The Morgan fingerprint density at radius 1 is 1.69 bits per heavy atom. The standard InChI is InChI=1S/C10H13BrClN3O/c1-3-15(6-9(16)13-2)10-8(11)4-7(12)5-14-10/h4-5H,3,6H2,1-2H3,(H,13,16). The molecular weight excluding hydrogens is 293 g/mol. The molecule has 0 aromatic carbocycles. The number of carbonyl (C=O) groups is 1. The number of amides is 1. The molecule has 6 heteroatoms. The molecule has 1 amide bonds. The van der Waals surface area contributed by atoms with Crippen LogP contribution in [0.15, 0.2) is 16.7 Å². The average molecular weight is 307 g/mol. The van der Waals surface area contributed by atoms with Gasteiger partial charge in [-0.2, -0.15) is 0 Å². The number of aromatic nitrogens is 1. The molecule has 1 rings (SSSR count). The van der Waals surface area contributed by atoms with Crippen LogP contribution in [0.1, 0.15) is 6.92 Å². The number of pyridine rings is 1. The van der Waals surface area contributed by atoms with Crippen LogP contribution in [0.2, 0.25) is 5.02 Å². The summed E-state index contributed by atoms with van der Waals surface area (Å²) in [6.45, 7) is 2.94. The van der Waals surface area contributed by atoms with Crippen molar-refractivity contribution in [3.05, 3.63) is 21.8 Å². The molecule has 1 aromatic heterocycles. The first kappa shape index (κ1) is 13.3. The van der Waals surface area contributed by atoms with Crippen molar-refractivity contribution < 1.29 is 4.79 Å². The SMILES string of the molecule is CCN(CC(=O)NC)c1ncc(Cl)cc1Br. The molecule has 0 fully saturated rings. The van der Waals surface area contributed by atoms with E-state index in [1.54, 1.807) is 19.3 Å². The second kappa shape index (κ2) is 6.06. The number of rotatable bonds is 4. The van der Waals surface area contributed by atoms with Gasteiger partial charge in [-0.1, -0.05) is 11.6 Å². The normalized spacial score (nSPS) is 10.0. The zero-order valence-electron chi connectivity index (χ0n) is 9.13. The van der Waals surface area contributed by atoms with Crippen LogP contribution in [0.3, 0.4) is 0 Å². The van der Waals surface area contributed by atoms with Crippen molar-refractivity contribution in [2.24, 2.45) is 0 Å². The van der Waals surface area contributed by atoms with Crippen LogP contribution in [0.25, 0.3) is 0 Å². The summed E-state index contributed by atoms with van der Waals surface area (Å²) >= 11 is 9.19. The van der Waals surface area contributed by atoms with Gasteiger partial charge in [-0.05, 0) is 28.9 Å². The van der Waals surface area contributed by atoms with E-state index >= 15 is 0 Å². The molecule has 0 aliphatic carbocycles. The van der Waals surface area contributed by atoms with E-state index in [4.69, 9.17) is 11.6 Å². The predicted octanol–water partition coefficient (Wildman–Crippen LogP) is 2.07. The van der Waals surface area contributed by atoms with Crippen LogP contribution < -0.4 is 10.2 Å². The quantitative estimate of drug-likeness (QED) is 0.926. The van der Waals surface area contributed by atoms with Crippen molar-refractivity contribution in [3.63, 3.8) is 0 Å². The van der Waals surface area contributed by atoms with Crippen LogP contribution in [0.5, 0.6) is 0 Å². The fourth-order valence-electron chi connectivity index (χ4n) is 1.23. The van der Waals surface area contributed by atoms with E-state index in [2.05, 4.69) is 26.2 Å². The highest BCUT2D eigenvalue weighted by molar-refractivity contribution is 9.10. The van der Waals surface area contributed by atoms with Gasteiger partial charge in [-0.3, -0.25) is 4.79 Å². The number of hydrogen-bond acceptors (Lipinski definition) is 3. The van der Waals surface area contributed by atoms with Crippen LogP contribution in [0.4, 0.5) is 5.82 Å². The molecule has 0 bridgehead atoms. The third-order valence-corrected chi connectivity index (χ3v) is 2.87. The van der Waals surface area contributed by atoms with E-state index < -0.39 is 0 Å². The minimum absolute atomic E-state index is 0.0505. The number of likely N-dealkylation sites (N-methyl/N-ethyl adjacent to an activating group) is 2. The lowest BCUT2D eigenvalue weighted by Gasteiger charge is -2.21. The second-order valence-corrected chi connectivity index (χ2v) is 4.44. The summed E-state index contributed by atoms with van der Waals surface area (Å²) in [6.07, 6.45) is 1.56. The fraction of sp³-hybridized carbons (Fsp3) is 0.400. The van der Waals surface area contributed by atoms with Crippen LogP contribution >= 0.6 is 27.5 Å². The molecule has 0 saturated heterocycles. The average Bonchev–Trinajstić information content (AvgIpc) is 2.26. The fourth-order valence-corrected chi connectivity index (χ4v) is 2.12. The van der Waals surface area contributed by atoms with E-state index in [0.717, 1.165) is 10.3 Å². The zero-order chi connectivity index (χ0) is 12.1. The Bertz CT molecular complexity index is 386. The number of hydrogen-bond donors (Lipinski definition) is 1. The molecule has 1 heterocycles. The third-order valence-electron chi connectivity index (χ3n) is 2.08. The maximum atomic E-state index is 11.3. The zero-order valence-corrected chi connectivity index (χ0v) is 11.5. The number of nitrogens with zero attached hydrogens (tertiary/aromatic N) is 2. The summed E-state index contributed by atoms with van der Waals surface area (Å²) in [4.78, 5) is 17.4. The van der Waals surface area contributed by atoms with Crippen LogP contribution in [-0.2, 0) is 4.79 Å². The van der Waals surface area contributed by atoms with E-state index in [1.807, 2.05) is 11.8 Å². The van der Waals surface area contributed by atoms with Crippen LogP contribution in [0, 0.1) is 0 Å². The summed E-state index contributed by atoms with van der Waals surface area (Å²) in [5, 5.41) is 3.14. The highest BCUT2D eigenvalue weighted by Gasteiger charge is 2.13. The first-order valence-electron chi connectivity index (χ1n) is 4.85. The molecule has 0 aliphatic heterocycles. The van der Waals surface area contributed by atoms with Gasteiger partial charge in [0.1, 0.15) is 5.82 Å². The Hall–Kier alpha value is -0.810. The smallest absolute Gasteiger partial charge is 0.239 e. The van der Waals surface area contributed by atoms with Crippen molar-refractivity contribution >= 4 is 39.3 Å². The lowest BCUT2D eigenvalue weighted by atomic mass is 10.4. The van der Waals surface area contributed by atoms with Gasteiger partial charge in [0.15, 0.2) is 0 Å². The highest BCUT2D eigenvalue weighted by atomic mass is 79.9. The van der Waals surface area contributed by atoms with Crippen molar-refractivity contribution in [2.75, 3.05) is 25.0 Å². The van der Waals surface area contributed by atoms with Gasteiger partial charge < -0.3 is 10.2 Å². The van der Waals surface area contributed by atoms with Gasteiger partial charge in [-0.15, -0.1) is 0 Å². The predicted molar refractivity (Wildman–Crippen MR) is 68.9 cm³/mol. The minimum atomic E-state index is -0.0505. The molecule has 1 aromatic rings. The lowest BCUT2D eigenvalue weighted by Crippen LogP contribution is -2.36. The Balaban J connectivity index is 2.90. The maximum absolute atomic E-state index is 11.3. The van der Waals surface area contributed by atoms with Crippen molar-refractivity contribution in [1.29, 1.82) is 0 Å². The monoisotopic (exact) mass is 305 g/mol. The van der Waals surface area contributed by atoms with Crippen LogP contribution in [-0.4, -0.2) is 31.0 Å². The number of nitrogens with one attached hydrogen (secondary N) is 1. The summed E-state index contributed by atoms with van der Waals surface area (Å²) in [5.74, 6) is 0.668. The third kappa shape index (κ3) is 3.35. The maximum Gasteiger partial charge on any atom is 0.239 e. The summed E-state index contributed by atoms with van der Waals surface area (Å²) in [5.41, 5.74) is 0. The molecule has 16 heavy (non-hydrogen) atoms. The van der Waals surface area contributed by atoms with Gasteiger partial charge >= 0.3 is 0 Å². The Kier molecular flexibility index (Phi) is 5.02. The Morgan fingerprint density at radius 2 is 2.38 bits per heavy atom. The van der Waals surface area contributed by atoms with E-state index in [-0.39, 0.29) is 12.5 Å². The second-order valence-electron chi connectivity index (χ2n) is 3.15. The number of anilines is 1. The molecule has 4 nitrogen and oxygen atoms in total. The topological polar surface area (TPSA) is 45.2 Å². The molecule has 0 saturated carbocycles. The number of carbonyl (C=O) groups excluding carboxylic acids is 1. The summed E-state index contributed by atoms with van der Waals surface area (Å²) in [6, 6.07) is 1.76. The molecule has 0 unspecified atom stereocenters. The Labute approximate surface area is 108 Å². The first-order valence-corrected chi connectivity index (χ1v) is 6.02. The van der Waals surface area contributed by atoms with Gasteiger partial charge in [0.2, 0.25) is 5.91 Å². The van der Waals surface area contributed by atoms with Gasteiger partial charge in [0.25, 0.3) is 0 Å². The molecule has 0 atom stereocenters. The molecule has 0 aliphatic rings. The van der Waals surface area contributed by atoms with Gasteiger partial charge in [0, 0.05) is 19.8 Å². The molecule has 0 radical (unpaired) electrons. The van der Waals surface area contributed by atoms with Crippen molar-refractivity contribution in [3.8, 4) is 0 Å². The van der Waals surface area contributed by atoms with E-state index in [1.165, 1.54) is 0 Å². The van der Waals surface area contributed by atoms with E-state index in [9.17, 15) is 4.79 Å². The minimum Gasteiger partial charge on any atom is -0.358 e. The van der Waals surface area contributed by atoms with Crippen molar-refractivity contribution in [2.45, 2.75) is 6.92 Å². The summed E-state index contributed by atoms with van der Waals surface area (Å²) < 4.78 is 0.783. The van der Waals surface area contributed by atoms with Gasteiger partial charge in [0.05, 0.1) is 16.0 Å². The summed E-state index contributed by atoms with van der Waals surface area (Å²) in [7, 11) is 1.61. The molecule has 0 spiro atoms. The Morgan fingerprint density at radius 3 is 2.88 bits per heavy atom. The highest BCUT2D eigenvalue weighted by Crippen LogP contribution is 2.26. The molecule has 1 N–H and O–H groups in total. The lowest BCUT2D eigenvalue weighted by molar-refractivity contribution is -0.119. The molecule has 88 valence electrons.